The fraction of sp³-hybridized carbons (Fsp3) is 0.400. The maximum Gasteiger partial charge on any atom is 0.190 e. The molecule has 0 N–H and O–H groups in total. The Balaban J connectivity index is 1.24. The van der Waals surface area contributed by atoms with Gasteiger partial charge in [-0.25, -0.2) is 8.78 Å². The Hall–Kier alpha value is -2.68. The maximum atomic E-state index is 14.1. The molecule has 3 heteroatoms. The van der Waals surface area contributed by atoms with Crippen molar-refractivity contribution in [3.8, 4) is 5.75 Å². The number of hydrogen-bond acceptors (Lipinski definition) is 1. The van der Waals surface area contributed by atoms with E-state index in [1.54, 1.807) is 0 Å². The lowest BCUT2D eigenvalue weighted by atomic mass is 9.77. The molecule has 3 aromatic carbocycles. The molecule has 0 aliphatic heterocycles. The van der Waals surface area contributed by atoms with Crippen molar-refractivity contribution >= 4 is 0 Å². The van der Waals surface area contributed by atoms with Crippen molar-refractivity contribution < 1.29 is 13.5 Å². The predicted molar refractivity (Wildman–Crippen MR) is 131 cm³/mol. The van der Waals surface area contributed by atoms with E-state index in [-0.39, 0.29) is 11.7 Å². The fourth-order valence-corrected chi connectivity index (χ4v) is 5.26. The second kappa shape index (κ2) is 11.0. The number of ether oxygens (including phenoxy) is 1. The molecule has 0 spiro atoms. The molecule has 1 nitrogen and oxygen atoms in total. The number of methoxy groups -OCH3 is 1. The maximum absolute atomic E-state index is 14.1. The molecule has 4 rings (SSSR count). The van der Waals surface area contributed by atoms with Crippen molar-refractivity contribution in [2.75, 3.05) is 7.11 Å². The lowest BCUT2D eigenvalue weighted by Gasteiger charge is -2.29. The van der Waals surface area contributed by atoms with Crippen molar-refractivity contribution in [1.82, 2.24) is 0 Å². The summed E-state index contributed by atoms with van der Waals surface area (Å²) in [5.41, 5.74) is 4.93. The molecule has 1 fully saturated rings. The highest BCUT2D eigenvalue weighted by molar-refractivity contribution is 5.33. The summed E-state index contributed by atoms with van der Waals surface area (Å²) in [7, 11) is 1.30. The van der Waals surface area contributed by atoms with Gasteiger partial charge in [0.2, 0.25) is 0 Å². The molecule has 0 aromatic heterocycles. The molecule has 3 aromatic rings. The first-order valence-corrected chi connectivity index (χ1v) is 12.2. The number of benzene rings is 3. The highest BCUT2D eigenvalue weighted by Crippen LogP contribution is 2.39. The number of hydrogen-bond donors (Lipinski definition) is 0. The van der Waals surface area contributed by atoms with Gasteiger partial charge in [0.15, 0.2) is 17.4 Å². The van der Waals surface area contributed by atoms with Gasteiger partial charge in [0, 0.05) is 0 Å². The first-order chi connectivity index (χ1) is 16.0. The van der Waals surface area contributed by atoms with Crippen LogP contribution in [0.25, 0.3) is 0 Å². The van der Waals surface area contributed by atoms with Gasteiger partial charge in [0.25, 0.3) is 0 Å². The van der Waals surface area contributed by atoms with Crippen LogP contribution in [0.4, 0.5) is 8.78 Å². The van der Waals surface area contributed by atoms with Gasteiger partial charge in [-0.05, 0) is 97.1 Å². The minimum atomic E-state index is -0.601. The minimum absolute atomic E-state index is 0.238. The first-order valence-electron chi connectivity index (χ1n) is 12.2. The molecular formula is C30H34F2O. The van der Waals surface area contributed by atoms with Gasteiger partial charge in [0.05, 0.1) is 7.11 Å². The third kappa shape index (κ3) is 6.01. The Morgan fingerprint density at radius 1 is 0.848 bits per heavy atom. The molecule has 0 heterocycles. The van der Waals surface area contributed by atoms with Crippen LogP contribution in [0.15, 0.2) is 66.7 Å². The quantitative estimate of drug-likeness (QED) is 0.337. The monoisotopic (exact) mass is 448 g/mol. The molecule has 0 radical (unpaired) electrons. The summed E-state index contributed by atoms with van der Waals surface area (Å²) in [6.45, 7) is 2.29. The summed E-state index contributed by atoms with van der Waals surface area (Å²) in [5, 5.41) is 0. The van der Waals surface area contributed by atoms with Crippen molar-refractivity contribution in [2.45, 2.75) is 63.7 Å². The van der Waals surface area contributed by atoms with Crippen LogP contribution in [0.1, 0.15) is 73.1 Å². The molecule has 0 saturated heterocycles. The van der Waals surface area contributed by atoms with Gasteiger partial charge in [-0.1, -0.05) is 61.5 Å². The molecule has 1 saturated carbocycles. The molecular weight excluding hydrogens is 414 g/mol. The largest absolute Gasteiger partial charge is 0.491 e. The third-order valence-electron chi connectivity index (χ3n) is 7.32. The van der Waals surface area contributed by atoms with Crippen LogP contribution in [0.3, 0.4) is 0 Å². The van der Waals surface area contributed by atoms with E-state index in [9.17, 15) is 8.78 Å². The van der Waals surface area contributed by atoms with E-state index in [1.165, 1.54) is 42.4 Å². The average molecular weight is 449 g/mol. The summed E-state index contributed by atoms with van der Waals surface area (Å²) in [6, 6.07) is 22.7. The second-order valence-electron chi connectivity index (χ2n) is 9.61. The van der Waals surface area contributed by atoms with E-state index in [4.69, 9.17) is 4.74 Å². The summed E-state index contributed by atoms with van der Waals surface area (Å²) >= 11 is 0. The zero-order valence-corrected chi connectivity index (χ0v) is 19.7. The molecule has 0 amide bonds. The van der Waals surface area contributed by atoms with Crippen LogP contribution < -0.4 is 4.74 Å². The van der Waals surface area contributed by atoms with E-state index in [0.29, 0.717) is 11.8 Å². The zero-order chi connectivity index (χ0) is 23.2. The van der Waals surface area contributed by atoms with Gasteiger partial charge in [-0.2, -0.15) is 0 Å². The van der Waals surface area contributed by atoms with Crippen molar-refractivity contribution in [3.63, 3.8) is 0 Å². The summed E-state index contributed by atoms with van der Waals surface area (Å²) in [5.74, 6) is -0.0469. The van der Waals surface area contributed by atoms with E-state index in [2.05, 4.69) is 61.5 Å². The molecule has 0 unspecified atom stereocenters. The molecule has 33 heavy (non-hydrogen) atoms. The van der Waals surface area contributed by atoms with Crippen molar-refractivity contribution in [2.24, 2.45) is 5.92 Å². The van der Waals surface area contributed by atoms with Crippen LogP contribution in [-0.4, -0.2) is 7.11 Å². The molecule has 1 aliphatic rings. The van der Waals surface area contributed by atoms with E-state index in [0.717, 1.165) is 44.1 Å². The van der Waals surface area contributed by atoms with Gasteiger partial charge in [0.1, 0.15) is 0 Å². The van der Waals surface area contributed by atoms with E-state index < -0.39 is 11.6 Å². The Bertz CT molecular complexity index is 998. The normalized spacial score (nSPS) is 19.3. The number of rotatable bonds is 8. The fourth-order valence-electron chi connectivity index (χ4n) is 5.26. The Morgan fingerprint density at radius 3 is 2.06 bits per heavy atom. The van der Waals surface area contributed by atoms with Crippen LogP contribution >= 0.6 is 0 Å². The van der Waals surface area contributed by atoms with Gasteiger partial charge >= 0.3 is 0 Å². The topological polar surface area (TPSA) is 9.23 Å². The summed E-state index contributed by atoms with van der Waals surface area (Å²) in [4.78, 5) is 0. The average Bonchev–Trinajstić information content (AvgIpc) is 2.84. The van der Waals surface area contributed by atoms with Crippen LogP contribution in [0.2, 0.25) is 0 Å². The number of halogens is 2. The minimum Gasteiger partial charge on any atom is -0.491 e. The van der Waals surface area contributed by atoms with Crippen LogP contribution in [0.5, 0.6) is 5.75 Å². The van der Waals surface area contributed by atoms with Gasteiger partial charge < -0.3 is 4.74 Å². The number of aryl methyl sites for hydroxylation is 1. The SMILES string of the molecule is COc1c(F)cc(C2CCC(CCc3ccc(C[C@H](C)c4ccccc4)cc3)CC2)cc1F. The standard InChI is InChI=1S/C30H34F2O/c1-21(25-6-4-3-5-7-25)18-24-12-10-22(11-13-24)8-9-23-14-16-26(17-15-23)27-19-28(31)30(33-2)29(32)20-27/h3-7,10-13,19-21,23,26H,8-9,14-18H2,1-2H3/t21-,23?,26?/m0/s1. The first kappa shape index (κ1) is 23.5. The van der Waals surface area contributed by atoms with Crippen molar-refractivity contribution in [1.29, 1.82) is 0 Å². The highest BCUT2D eigenvalue weighted by Gasteiger charge is 2.24. The second-order valence-corrected chi connectivity index (χ2v) is 9.61. The molecule has 1 aliphatic carbocycles. The molecule has 1 atom stereocenters. The highest BCUT2D eigenvalue weighted by atomic mass is 19.1. The van der Waals surface area contributed by atoms with E-state index in [1.807, 2.05) is 0 Å². The summed E-state index contributed by atoms with van der Waals surface area (Å²) < 4.78 is 32.9. The van der Waals surface area contributed by atoms with Crippen LogP contribution in [0, 0.1) is 17.6 Å². The smallest absolute Gasteiger partial charge is 0.190 e. The van der Waals surface area contributed by atoms with Crippen molar-refractivity contribution in [3.05, 3.63) is 101 Å². The molecule has 174 valence electrons. The lowest BCUT2D eigenvalue weighted by Crippen LogP contribution is -2.14. The van der Waals surface area contributed by atoms with Crippen LogP contribution in [-0.2, 0) is 12.8 Å². The Morgan fingerprint density at radius 2 is 1.45 bits per heavy atom. The summed E-state index contributed by atoms with van der Waals surface area (Å²) in [6.07, 6.45) is 7.55. The third-order valence-corrected chi connectivity index (χ3v) is 7.32. The molecule has 0 bridgehead atoms. The van der Waals surface area contributed by atoms with Gasteiger partial charge in [-0.15, -0.1) is 0 Å². The Labute approximate surface area is 196 Å². The zero-order valence-electron chi connectivity index (χ0n) is 19.7. The Kier molecular flexibility index (Phi) is 7.80. The lowest BCUT2D eigenvalue weighted by molar-refractivity contribution is 0.308. The predicted octanol–water partition coefficient (Wildman–Crippen LogP) is 8.23. The van der Waals surface area contributed by atoms with Gasteiger partial charge in [-0.3, -0.25) is 0 Å². The van der Waals surface area contributed by atoms with E-state index >= 15 is 0 Å².